The van der Waals surface area contributed by atoms with Gasteiger partial charge in [0.05, 0.1) is 12.7 Å². The summed E-state index contributed by atoms with van der Waals surface area (Å²) in [7, 11) is 0. The molecule has 0 aromatic carbocycles. The van der Waals surface area contributed by atoms with Gasteiger partial charge in [-0.1, -0.05) is 20.3 Å². The number of ether oxygens (including phenoxy) is 2. The Bertz CT molecular complexity index is 238. The average Bonchev–Trinajstić information content (AvgIpc) is 2.60. The van der Waals surface area contributed by atoms with Crippen LogP contribution in [0, 0.1) is 5.92 Å². The monoisotopic (exact) mass is 241 g/mol. The van der Waals surface area contributed by atoms with Crippen LogP contribution in [0.15, 0.2) is 0 Å². The van der Waals surface area contributed by atoms with Gasteiger partial charge in [0.15, 0.2) is 5.79 Å². The molecule has 3 heteroatoms. The molecule has 0 N–H and O–H groups in total. The van der Waals surface area contributed by atoms with Crippen molar-refractivity contribution in [1.82, 2.24) is 4.90 Å². The number of likely N-dealkylation sites (tertiary alicyclic amines) is 1. The van der Waals surface area contributed by atoms with Crippen LogP contribution in [0.25, 0.3) is 0 Å². The van der Waals surface area contributed by atoms with E-state index in [4.69, 9.17) is 9.47 Å². The highest BCUT2D eigenvalue weighted by Crippen LogP contribution is 2.30. The van der Waals surface area contributed by atoms with Crippen molar-refractivity contribution in [1.29, 1.82) is 0 Å². The minimum absolute atomic E-state index is 0.275. The lowest BCUT2D eigenvalue weighted by Gasteiger charge is -2.29. The first-order valence-corrected chi connectivity index (χ1v) is 7.11. The van der Waals surface area contributed by atoms with Crippen molar-refractivity contribution in [3.05, 3.63) is 0 Å². The van der Waals surface area contributed by atoms with E-state index in [1.54, 1.807) is 0 Å². The Morgan fingerprint density at radius 2 is 1.94 bits per heavy atom. The van der Waals surface area contributed by atoms with Crippen molar-refractivity contribution in [2.24, 2.45) is 5.92 Å². The Kier molecular flexibility index (Phi) is 4.45. The zero-order valence-electron chi connectivity index (χ0n) is 11.6. The third kappa shape index (κ3) is 3.94. The molecule has 17 heavy (non-hydrogen) atoms. The van der Waals surface area contributed by atoms with Gasteiger partial charge in [-0.3, -0.25) is 0 Å². The SMILES string of the molecule is CC(C)C[C@]1(C)OC[C@H](CN2CCCCC2)O1. The summed E-state index contributed by atoms with van der Waals surface area (Å²) in [5, 5.41) is 0. The number of hydrogen-bond acceptors (Lipinski definition) is 3. The molecule has 100 valence electrons. The molecule has 2 atom stereocenters. The lowest BCUT2D eigenvalue weighted by molar-refractivity contribution is -0.166. The smallest absolute Gasteiger partial charge is 0.166 e. The standard InChI is InChI=1S/C14H27NO2/c1-12(2)9-14(3)16-11-13(17-14)10-15-7-5-4-6-8-15/h12-13H,4-11H2,1-3H3/t13-,14+/m0/s1. The van der Waals surface area contributed by atoms with Gasteiger partial charge in [-0.05, 0) is 38.8 Å². The first-order chi connectivity index (χ1) is 8.07. The molecule has 0 aliphatic carbocycles. The van der Waals surface area contributed by atoms with Crippen LogP contribution in [0.1, 0.15) is 46.5 Å². The van der Waals surface area contributed by atoms with Crippen molar-refractivity contribution < 1.29 is 9.47 Å². The molecular weight excluding hydrogens is 214 g/mol. The van der Waals surface area contributed by atoms with E-state index in [9.17, 15) is 0 Å². The Hall–Kier alpha value is -0.120. The molecule has 2 heterocycles. The summed E-state index contributed by atoms with van der Waals surface area (Å²) in [6.07, 6.45) is 5.35. The molecular formula is C14H27NO2. The lowest BCUT2D eigenvalue weighted by Crippen LogP contribution is -2.38. The molecule has 0 unspecified atom stereocenters. The Balaban J connectivity index is 1.76. The van der Waals surface area contributed by atoms with Crippen LogP contribution in [0.3, 0.4) is 0 Å². The number of nitrogens with zero attached hydrogens (tertiary/aromatic N) is 1. The summed E-state index contributed by atoms with van der Waals surface area (Å²) >= 11 is 0. The number of hydrogen-bond donors (Lipinski definition) is 0. The Morgan fingerprint density at radius 3 is 2.59 bits per heavy atom. The Morgan fingerprint density at radius 1 is 1.24 bits per heavy atom. The molecule has 0 spiro atoms. The van der Waals surface area contributed by atoms with Crippen LogP contribution in [0.5, 0.6) is 0 Å². The van der Waals surface area contributed by atoms with Gasteiger partial charge in [0.1, 0.15) is 0 Å². The highest BCUT2D eigenvalue weighted by Gasteiger charge is 2.38. The fourth-order valence-corrected chi connectivity index (χ4v) is 3.06. The quantitative estimate of drug-likeness (QED) is 0.755. The zero-order valence-corrected chi connectivity index (χ0v) is 11.6. The van der Waals surface area contributed by atoms with E-state index in [0.717, 1.165) is 19.6 Å². The average molecular weight is 241 g/mol. The summed E-state index contributed by atoms with van der Waals surface area (Å²) in [5.41, 5.74) is 0. The molecule has 2 fully saturated rings. The molecule has 0 aromatic heterocycles. The second-order valence-corrected chi connectivity index (χ2v) is 6.14. The van der Waals surface area contributed by atoms with Gasteiger partial charge in [0, 0.05) is 13.0 Å². The van der Waals surface area contributed by atoms with Crippen LogP contribution in [0.4, 0.5) is 0 Å². The fourth-order valence-electron chi connectivity index (χ4n) is 3.06. The maximum atomic E-state index is 6.10. The zero-order chi connectivity index (χ0) is 12.3. The Labute approximate surface area is 105 Å². The van der Waals surface area contributed by atoms with Crippen molar-refractivity contribution in [2.75, 3.05) is 26.2 Å². The minimum Gasteiger partial charge on any atom is -0.347 e. The highest BCUT2D eigenvalue weighted by atomic mass is 16.7. The van der Waals surface area contributed by atoms with Gasteiger partial charge in [0.25, 0.3) is 0 Å². The predicted octanol–water partition coefficient (Wildman–Crippen LogP) is 2.65. The van der Waals surface area contributed by atoms with E-state index >= 15 is 0 Å². The van der Waals surface area contributed by atoms with Crippen molar-refractivity contribution in [3.8, 4) is 0 Å². The predicted molar refractivity (Wildman–Crippen MR) is 69.0 cm³/mol. The van der Waals surface area contributed by atoms with Gasteiger partial charge in [-0.25, -0.2) is 0 Å². The van der Waals surface area contributed by atoms with Crippen molar-refractivity contribution in [3.63, 3.8) is 0 Å². The molecule has 0 bridgehead atoms. The van der Waals surface area contributed by atoms with Crippen LogP contribution < -0.4 is 0 Å². The molecule has 0 amide bonds. The van der Waals surface area contributed by atoms with E-state index in [2.05, 4.69) is 25.7 Å². The van der Waals surface area contributed by atoms with E-state index < -0.39 is 0 Å². The van der Waals surface area contributed by atoms with Gasteiger partial charge in [-0.2, -0.15) is 0 Å². The maximum absolute atomic E-state index is 6.10. The molecule has 2 aliphatic rings. The molecule has 0 radical (unpaired) electrons. The van der Waals surface area contributed by atoms with Gasteiger partial charge >= 0.3 is 0 Å². The minimum atomic E-state index is -0.339. The normalized spacial score (nSPS) is 35.6. The summed E-state index contributed by atoms with van der Waals surface area (Å²) in [6, 6.07) is 0. The second kappa shape index (κ2) is 5.68. The topological polar surface area (TPSA) is 21.7 Å². The number of piperidine rings is 1. The van der Waals surface area contributed by atoms with Gasteiger partial charge < -0.3 is 14.4 Å². The van der Waals surface area contributed by atoms with Gasteiger partial charge in [-0.15, -0.1) is 0 Å². The third-order valence-electron chi connectivity index (χ3n) is 3.68. The fraction of sp³-hybridized carbons (Fsp3) is 1.00. The summed E-state index contributed by atoms with van der Waals surface area (Å²) in [4.78, 5) is 2.53. The van der Waals surface area contributed by atoms with E-state index in [0.29, 0.717) is 5.92 Å². The van der Waals surface area contributed by atoms with Crippen LogP contribution in [-0.2, 0) is 9.47 Å². The van der Waals surface area contributed by atoms with Crippen LogP contribution in [-0.4, -0.2) is 43.0 Å². The van der Waals surface area contributed by atoms with Crippen LogP contribution in [0.2, 0.25) is 0 Å². The molecule has 0 aromatic rings. The summed E-state index contributed by atoms with van der Waals surface area (Å²) in [6.45, 7) is 10.8. The number of rotatable bonds is 4. The lowest BCUT2D eigenvalue weighted by atomic mass is 10.0. The third-order valence-corrected chi connectivity index (χ3v) is 3.68. The molecule has 2 rings (SSSR count). The maximum Gasteiger partial charge on any atom is 0.166 e. The van der Waals surface area contributed by atoms with Crippen LogP contribution >= 0.6 is 0 Å². The second-order valence-electron chi connectivity index (χ2n) is 6.14. The van der Waals surface area contributed by atoms with Crippen molar-refractivity contribution in [2.45, 2.75) is 58.3 Å². The van der Waals surface area contributed by atoms with Gasteiger partial charge in [0.2, 0.25) is 0 Å². The first kappa shape index (κ1) is 13.3. The molecule has 2 aliphatic heterocycles. The first-order valence-electron chi connectivity index (χ1n) is 7.11. The molecule has 3 nitrogen and oxygen atoms in total. The summed E-state index contributed by atoms with van der Waals surface area (Å²) in [5.74, 6) is 0.281. The largest absolute Gasteiger partial charge is 0.347 e. The van der Waals surface area contributed by atoms with Crippen molar-refractivity contribution >= 4 is 0 Å². The summed E-state index contributed by atoms with van der Waals surface area (Å²) < 4.78 is 12.0. The highest BCUT2D eigenvalue weighted by molar-refractivity contribution is 4.79. The molecule has 0 saturated carbocycles. The molecule has 2 saturated heterocycles. The van der Waals surface area contributed by atoms with E-state index in [1.165, 1.54) is 32.4 Å². The van der Waals surface area contributed by atoms with E-state index in [-0.39, 0.29) is 11.9 Å². The van der Waals surface area contributed by atoms with E-state index in [1.807, 2.05) is 0 Å².